The Labute approximate surface area is 309 Å². The molecule has 2 heterocycles. The summed E-state index contributed by atoms with van der Waals surface area (Å²) < 4.78 is 146. The molecular formula is C37H26F10N6O3. The maximum atomic E-state index is 15.1. The average molecular weight is 793 g/mol. The van der Waals surface area contributed by atoms with Crippen LogP contribution in [0.15, 0.2) is 66.7 Å². The number of amides is 3. The number of rotatable bonds is 11. The van der Waals surface area contributed by atoms with Crippen molar-refractivity contribution in [3.05, 3.63) is 129 Å². The minimum absolute atomic E-state index is 0.00158. The van der Waals surface area contributed by atoms with Gasteiger partial charge in [0, 0.05) is 30.0 Å². The first-order valence-corrected chi connectivity index (χ1v) is 16.4. The Hall–Kier alpha value is -6.27. The highest BCUT2D eigenvalue weighted by Gasteiger charge is 2.55. The number of aromatic nitrogens is 3. The lowest BCUT2D eigenvalue weighted by molar-refractivity contribution is -0.123. The molecule has 9 nitrogen and oxygen atoms in total. The lowest BCUT2D eigenvalue weighted by Crippen LogP contribution is -2.37. The van der Waals surface area contributed by atoms with Gasteiger partial charge in [-0.2, -0.15) is 13.9 Å². The Morgan fingerprint density at radius 3 is 1.91 bits per heavy atom. The van der Waals surface area contributed by atoms with Crippen molar-refractivity contribution >= 4 is 17.7 Å². The molecule has 0 aliphatic heterocycles. The van der Waals surface area contributed by atoms with Crippen LogP contribution in [-0.2, 0) is 29.6 Å². The van der Waals surface area contributed by atoms with Crippen LogP contribution in [0.4, 0.5) is 43.9 Å². The Balaban J connectivity index is 1.52. The number of nitrogens with one attached hydrogen (secondary N) is 1. The van der Waals surface area contributed by atoms with E-state index in [4.69, 9.17) is 11.5 Å². The summed E-state index contributed by atoms with van der Waals surface area (Å²) in [4.78, 5) is 42.3. The number of alkyl halides is 6. The van der Waals surface area contributed by atoms with Crippen LogP contribution >= 0.6 is 0 Å². The predicted molar refractivity (Wildman–Crippen MR) is 177 cm³/mol. The van der Waals surface area contributed by atoms with Crippen molar-refractivity contribution in [2.45, 2.75) is 50.1 Å². The normalized spacial score (nSPS) is 15.0. The van der Waals surface area contributed by atoms with E-state index < -0.39 is 119 Å². The summed E-state index contributed by atoms with van der Waals surface area (Å²) in [5.41, 5.74) is 4.21. The number of primary amides is 2. The molecule has 56 heavy (non-hydrogen) atoms. The van der Waals surface area contributed by atoms with Gasteiger partial charge in [0.25, 0.3) is 30.1 Å². The van der Waals surface area contributed by atoms with Crippen LogP contribution in [-0.4, -0.2) is 32.5 Å². The first-order chi connectivity index (χ1) is 26.2. The molecule has 2 aromatic heterocycles. The molecule has 292 valence electrons. The molecule has 5 aromatic rings. The van der Waals surface area contributed by atoms with Gasteiger partial charge in [-0.05, 0) is 66.1 Å². The van der Waals surface area contributed by atoms with Crippen molar-refractivity contribution in [1.82, 2.24) is 20.1 Å². The van der Waals surface area contributed by atoms with Crippen molar-refractivity contribution in [1.29, 1.82) is 0 Å². The SMILES string of the molecule is NC(=O)c1cc(-c2ccc(-c3ccc(F)c(C(N)=O)c3)c([C@H](Cc3cc(F)cc(F)c3)NC(=O)Cn3nc(C(F)F)c4c3C(F)(F)CCC4(F)F)n2)ccc1F. The van der Waals surface area contributed by atoms with Gasteiger partial charge in [0.05, 0.1) is 34.1 Å². The Kier molecular flexibility index (Phi) is 10.4. The van der Waals surface area contributed by atoms with Crippen molar-refractivity contribution in [3.63, 3.8) is 0 Å². The smallest absolute Gasteiger partial charge is 0.290 e. The highest BCUT2D eigenvalue weighted by atomic mass is 19.3. The fraction of sp³-hybridized carbons (Fsp3) is 0.216. The molecule has 0 bridgehead atoms. The maximum absolute atomic E-state index is 15.1. The molecule has 1 atom stereocenters. The number of hydrogen-bond donors (Lipinski definition) is 3. The summed E-state index contributed by atoms with van der Waals surface area (Å²) in [6, 6.07) is 9.56. The van der Waals surface area contributed by atoms with E-state index in [1.165, 1.54) is 24.3 Å². The molecule has 0 fully saturated rings. The van der Waals surface area contributed by atoms with Crippen LogP contribution in [0.3, 0.4) is 0 Å². The number of fused-ring (bicyclic) bond motifs is 1. The molecule has 0 saturated heterocycles. The van der Waals surface area contributed by atoms with Crippen molar-refractivity contribution in [3.8, 4) is 22.4 Å². The van der Waals surface area contributed by atoms with E-state index in [1.54, 1.807) is 0 Å². The third kappa shape index (κ3) is 7.78. The Morgan fingerprint density at radius 2 is 1.32 bits per heavy atom. The van der Waals surface area contributed by atoms with Crippen LogP contribution in [0.25, 0.3) is 22.4 Å². The molecule has 1 aliphatic carbocycles. The van der Waals surface area contributed by atoms with Gasteiger partial charge in [-0.3, -0.25) is 19.1 Å². The van der Waals surface area contributed by atoms with Crippen LogP contribution in [0.5, 0.6) is 0 Å². The van der Waals surface area contributed by atoms with Crippen molar-refractivity contribution in [2.75, 3.05) is 0 Å². The van der Waals surface area contributed by atoms with Crippen molar-refractivity contribution < 1.29 is 58.3 Å². The fourth-order valence-electron chi connectivity index (χ4n) is 6.49. The summed E-state index contributed by atoms with van der Waals surface area (Å²) in [5.74, 6) is -16.0. The minimum Gasteiger partial charge on any atom is -0.366 e. The molecule has 0 saturated carbocycles. The van der Waals surface area contributed by atoms with Gasteiger partial charge in [-0.25, -0.2) is 40.1 Å². The molecule has 0 radical (unpaired) electrons. The number of pyridine rings is 1. The second kappa shape index (κ2) is 14.8. The number of carbonyl (C=O) groups excluding carboxylic acids is 3. The van der Waals surface area contributed by atoms with Crippen LogP contribution in [0.2, 0.25) is 0 Å². The fourth-order valence-corrected chi connectivity index (χ4v) is 6.49. The molecular weight excluding hydrogens is 766 g/mol. The van der Waals surface area contributed by atoms with Crippen molar-refractivity contribution in [2.24, 2.45) is 11.5 Å². The number of hydrogen-bond acceptors (Lipinski definition) is 5. The molecule has 5 N–H and O–H groups in total. The van der Waals surface area contributed by atoms with Gasteiger partial charge in [-0.1, -0.05) is 12.1 Å². The lowest BCUT2D eigenvalue weighted by atomic mass is 9.89. The molecule has 6 rings (SSSR count). The molecule has 19 heteroatoms. The van der Waals surface area contributed by atoms with E-state index in [9.17, 15) is 49.5 Å². The van der Waals surface area contributed by atoms with Crippen LogP contribution in [0.1, 0.15) is 74.2 Å². The van der Waals surface area contributed by atoms with E-state index in [1.807, 2.05) is 0 Å². The highest BCUT2D eigenvalue weighted by molar-refractivity contribution is 5.95. The molecule has 0 spiro atoms. The molecule has 3 aromatic carbocycles. The maximum Gasteiger partial charge on any atom is 0.290 e. The lowest BCUT2D eigenvalue weighted by Gasteiger charge is -2.29. The summed E-state index contributed by atoms with van der Waals surface area (Å²) in [6.07, 6.45) is -7.22. The van der Waals surface area contributed by atoms with Gasteiger partial charge in [0.2, 0.25) is 5.91 Å². The number of nitrogens with two attached hydrogens (primary N) is 2. The quantitative estimate of drug-likeness (QED) is 0.120. The zero-order valence-corrected chi connectivity index (χ0v) is 28.3. The largest absolute Gasteiger partial charge is 0.366 e. The van der Waals surface area contributed by atoms with Gasteiger partial charge in [-0.15, -0.1) is 0 Å². The zero-order chi connectivity index (χ0) is 40.9. The molecule has 1 aliphatic rings. The predicted octanol–water partition coefficient (Wildman–Crippen LogP) is 7.38. The number of benzene rings is 3. The highest BCUT2D eigenvalue weighted by Crippen LogP contribution is 2.52. The third-order valence-electron chi connectivity index (χ3n) is 8.97. The summed E-state index contributed by atoms with van der Waals surface area (Å²) in [5, 5.41) is 5.69. The summed E-state index contributed by atoms with van der Waals surface area (Å²) in [7, 11) is 0. The van der Waals surface area contributed by atoms with E-state index in [0.29, 0.717) is 6.07 Å². The number of halogens is 10. The van der Waals surface area contributed by atoms with Crippen LogP contribution in [0, 0.1) is 23.3 Å². The van der Waals surface area contributed by atoms with Crippen LogP contribution < -0.4 is 16.8 Å². The Morgan fingerprint density at radius 1 is 0.750 bits per heavy atom. The van der Waals surface area contributed by atoms with Gasteiger partial charge in [0.1, 0.15) is 41.2 Å². The second-order valence-electron chi connectivity index (χ2n) is 12.8. The van der Waals surface area contributed by atoms with E-state index >= 15 is 8.78 Å². The summed E-state index contributed by atoms with van der Waals surface area (Å²) >= 11 is 0. The third-order valence-corrected chi connectivity index (χ3v) is 8.97. The van der Waals surface area contributed by atoms with E-state index in [0.717, 1.165) is 36.4 Å². The van der Waals surface area contributed by atoms with Gasteiger partial charge in [0.15, 0.2) is 0 Å². The first-order valence-electron chi connectivity index (χ1n) is 16.4. The second-order valence-corrected chi connectivity index (χ2v) is 12.8. The average Bonchev–Trinajstić information content (AvgIpc) is 3.52. The van der Waals surface area contributed by atoms with Gasteiger partial charge >= 0.3 is 0 Å². The molecule has 3 amide bonds. The van der Waals surface area contributed by atoms with E-state index in [-0.39, 0.29) is 38.3 Å². The first kappa shape index (κ1) is 39.4. The van der Waals surface area contributed by atoms with Gasteiger partial charge < -0.3 is 16.8 Å². The molecule has 0 unspecified atom stereocenters. The monoisotopic (exact) mass is 792 g/mol. The number of nitrogens with zero attached hydrogens (tertiary/aromatic N) is 3. The topological polar surface area (TPSA) is 146 Å². The zero-order valence-electron chi connectivity index (χ0n) is 28.3. The standard InChI is InChI=1S/C37H26F10N6O3/c38-19-9-16(10-20(39)14-19)11-27(50-28(54)15-53-32-29(31(52-53)33(42)43)36(44,45)7-8-37(32,46)47)30-21(17-1-4-24(40)22(12-17)34(48)55)3-6-26(51-30)18-2-5-25(41)23(13-18)35(49)56/h1-6,9-10,12-14,27,33H,7-8,11,15H2,(H2,48,55)(H2,49,56)(H,50,54)/t27-/m0/s1. The Bertz CT molecular complexity index is 2380. The van der Waals surface area contributed by atoms with E-state index in [2.05, 4.69) is 15.4 Å². The summed E-state index contributed by atoms with van der Waals surface area (Å²) in [6.45, 7) is -1.34. The minimum atomic E-state index is -4.14. The number of carbonyl (C=O) groups is 3.